The topological polar surface area (TPSA) is 42.4 Å². The summed E-state index contributed by atoms with van der Waals surface area (Å²) in [7, 11) is 0. The number of hydrogen-bond acceptors (Lipinski definition) is 5. The first-order valence-electron chi connectivity index (χ1n) is 14.6. The van der Waals surface area contributed by atoms with Gasteiger partial charge in [0.2, 0.25) is 0 Å². The van der Waals surface area contributed by atoms with E-state index in [1.807, 2.05) is 36.7 Å². The molecule has 0 unspecified atom stereocenters. The van der Waals surface area contributed by atoms with E-state index in [1.165, 1.54) is 26.2 Å². The molecule has 0 atom stereocenters. The monoisotopic (exact) mass is 582 g/mol. The van der Waals surface area contributed by atoms with E-state index in [1.54, 1.807) is 11.3 Å². The molecule has 0 saturated heterocycles. The minimum Gasteiger partial charge on any atom is -0.456 e. The molecule has 4 heterocycles. The number of furan rings is 2. The van der Waals surface area contributed by atoms with Crippen LogP contribution in [0.15, 0.2) is 143 Å². The molecule has 10 rings (SSSR count). The van der Waals surface area contributed by atoms with Crippen LogP contribution in [-0.2, 0) is 0 Å². The Hall–Kier alpha value is -5.65. The molecule has 0 amide bonds. The number of rotatable bonds is 3. The predicted octanol–water partition coefficient (Wildman–Crippen LogP) is 11.9. The van der Waals surface area contributed by atoms with E-state index in [0.717, 1.165) is 65.6 Å². The first kappa shape index (κ1) is 23.9. The van der Waals surface area contributed by atoms with Crippen molar-refractivity contribution in [1.82, 2.24) is 4.98 Å². The number of anilines is 3. The van der Waals surface area contributed by atoms with Crippen molar-refractivity contribution < 1.29 is 8.83 Å². The van der Waals surface area contributed by atoms with Crippen molar-refractivity contribution in [3.8, 4) is 0 Å². The van der Waals surface area contributed by atoms with E-state index >= 15 is 0 Å². The fraction of sp³-hybridized carbons (Fsp3) is 0. The van der Waals surface area contributed by atoms with Gasteiger partial charge in [-0.15, -0.1) is 11.3 Å². The summed E-state index contributed by atoms with van der Waals surface area (Å²) in [6.07, 6.45) is 4.00. The third-order valence-electron chi connectivity index (χ3n) is 8.73. The van der Waals surface area contributed by atoms with E-state index < -0.39 is 0 Å². The van der Waals surface area contributed by atoms with Gasteiger partial charge in [0.05, 0.1) is 16.6 Å². The zero-order valence-electron chi connectivity index (χ0n) is 23.3. The molecule has 6 aromatic carbocycles. The summed E-state index contributed by atoms with van der Waals surface area (Å²) in [4.78, 5) is 7.13. The second-order valence-corrected chi connectivity index (χ2v) is 12.2. The summed E-state index contributed by atoms with van der Waals surface area (Å²) in [6.45, 7) is 0. The Morgan fingerprint density at radius 2 is 1.09 bits per heavy atom. The molecular formula is C39H22N2O2S. The molecule has 0 fully saturated rings. The third-order valence-corrected chi connectivity index (χ3v) is 9.90. The molecule has 0 aliphatic carbocycles. The molecule has 206 valence electrons. The molecule has 0 saturated carbocycles. The Bertz CT molecular complexity index is 2640. The lowest BCUT2D eigenvalue weighted by Crippen LogP contribution is -2.10. The molecule has 10 aromatic rings. The summed E-state index contributed by atoms with van der Waals surface area (Å²) >= 11 is 1.81. The second-order valence-electron chi connectivity index (χ2n) is 11.2. The van der Waals surface area contributed by atoms with Crippen molar-refractivity contribution in [2.75, 3.05) is 4.90 Å². The smallest absolute Gasteiger partial charge is 0.135 e. The number of fused-ring (bicyclic) bond motifs is 11. The second kappa shape index (κ2) is 8.93. The maximum absolute atomic E-state index is 6.21. The van der Waals surface area contributed by atoms with E-state index in [9.17, 15) is 0 Å². The molecule has 5 heteroatoms. The van der Waals surface area contributed by atoms with Gasteiger partial charge in [0.25, 0.3) is 0 Å². The molecule has 0 N–H and O–H groups in total. The Morgan fingerprint density at radius 3 is 1.77 bits per heavy atom. The van der Waals surface area contributed by atoms with E-state index in [4.69, 9.17) is 13.8 Å². The first-order chi connectivity index (χ1) is 21.8. The van der Waals surface area contributed by atoms with E-state index in [2.05, 4.69) is 102 Å². The highest BCUT2D eigenvalue weighted by Crippen LogP contribution is 2.47. The zero-order chi connectivity index (χ0) is 28.8. The van der Waals surface area contributed by atoms with Gasteiger partial charge in [0.15, 0.2) is 0 Å². The number of thiophene rings is 1. The molecule has 0 spiro atoms. The largest absolute Gasteiger partial charge is 0.456 e. The highest BCUT2D eigenvalue weighted by Gasteiger charge is 2.22. The Morgan fingerprint density at radius 1 is 0.500 bits per heavy atom. The summed E-state index contributed by atoms with van der Waals surface area (Å²) < 4.78 is 14.9. The SMILES string of the molecule is c1ccc2c(c1)ccc1c2sc2cncc(N(c3ccc4oc5ccccc5c4c3)c3ccc4oc5ccccc5c4c3)c21. The molecular weight excluding hydrogens is 561 g/mol. The van der Waals surface area contributed by atoms with Crippen LogP contribution in [0.3, 0.4) is 0 Å². The van der Waals surface area contributed by atoms with Crippen molar-refractivity contribution in [3.63, 3.8) is 0 Å². The van der Waals surface area contributed by atoms with Crippen LogP contribution in [0.2, 0.25) is 0 Å². The lowest BCUT2D eigenvalue weighted by atomic mass is 10.0. The summed E-state index contributed by atoms with van der Waals surface area (Å²) in [6, 6.07) is 42.5. The summed E-state index contributed by atoms with van der Waals surface area (Å²) in [5, 5.41) is 9.30. The fourth-order valence-corrected chi connectivity index (χ4v) is 7.97. The van der Waals surface area contributed by atoms with Crippen molar-refractivity contribution in [1.29, 1.82) is 0 Å². The highest BCUT2D eigenvalue weighted by molar-refractivity contribution is 7.26. The van der Waals surface area contributed by atoms with Gasteiger partial charge < -0.3 is 13.7 Å². The van der Waals surface area contributed by atoms with Gasteiger partial charge in [-0.1, -0.05) is 72.8 Å². The normalized spacial score (nSPS) is 12.1. The maximum Gasteiger partial charge on any atom is 0.135 e. The standard InChI is InChI=1S/C39H22N2O2S/c1-2-8-26-23(7-1)13-16-29-38-32(21-40-22-37(38)44-39(26)29)41(24-14-17-35-30(19-24)27-9-3-5-11-33(27)42-35)25-15-18-36-31(20-25)28-10-4-6-12-34(28)43-36/h1-22H. The number of aromatic nitrogens is 1. The van der Waals surface area contributed by atoms with Crippen LogP contribution in [0.4, 0.5) is 17.1 Å². The molecule has 0 aliphatic rings. The Kier molecular flexibility index (Phi) is 4.84. The van der Waals surface area contributed by atoms with Gasteiger partial charge in [-0.3, -0.25) is 4.98 Å². The highest BCUT2D eigenvalue weighted by atomic mass is 32.1. The molecule has 4 aromatic heterocycles. The third kappa shape index (κ3) is 3.36. The predicted molar refractivity (Wildman–Crippen MR) is 184 cm³/mol. The quantitative estimate of drug-likeness (QED) is 0.208. The van der Waals surface area contributed by atoms with Gasteiger partial charge >= 0.3 is 0 Å². The number of pyridine rings is 1. The van der Waals surface area contributed by atoms with Crippen molar-refractivity contribution in [2.45, 2.75) is 0 Å². The van der Waals surface area contributed by atoms with Crippen LogP contribution < -0.4 is 4.90 Å². The fourth-order valence-electron chi connectivity index (χ4n) is 6.74. The van der Waals surface area contributed by atoms with Crippen LogP contribution in [0.5, 0.6) is 0 Å². The molecule has 44 heavy (non-hydrogen) atoms. The molecule has 0 radical (unpaired) electrons. The summed E-state index contributed by atoms with van der Waals surface area (Å²) in [5.41, 5.74) is 6.61. The van der Waals surface area contributed by atoms with Gasteiger partial charge in [-0.05, 0) is 59.3 Å². The van der Waals surface area contributed by atoms with Crippen molar-refractivity contribution in [2.24, 2.45) is 0 Å². The molecule has 0 aliphatic heterocycles. The van der Waals surface area contributed by atoms with Gasteiger partial charge in [-0.2, -0.15) is 0 Å². The van der Waals surface area contributed by atoms with Crippen molar-refractivity contribution >= 4 is 103 Å². The van der Waals surface area contributed by atoms with Crippen LogP contribution in [0, 0.1) is 0 Å². The average molecular weight is 583 g/mol. The molecule has 4 nitrogen and oxygen atoms in total. The molecule has 0 bridgehead atoms. The zero-order valence-corrected chi connectivity index (χ0v) is 24.1. The van der Waals surface area contributed by atoms with Gasteiger partial charge in [0, 0.05) is 54.6 Å². The lowest BCUT2D eigenvalue weighted by molar-refractivity contribution is 0.668. The summed E-state index contributed by atoms with van der Waals surface area (Å²) in [5.74, 6) is 0. The number of para-hydroxylation sites is 2. The minimum atomic E-state index is 0.870. The van der Waals surface area contributed by atoms with Crippen LogP contribution >= 0.6 is 11.3 Å². The maximum atomic E-state index is 6.21. The van der Waals surface area contributed by atoms with Crippen LogP contribution in [-0.4, -0.2) is 4.98 Å². The first-order valence-corrected chi connectivity index (χ1v) is 15.4. The van der Waals surface area contributed by atoms with Crippen LogP contribution in [0.25, 0.3) is 74.8 Å². The Balaban J connectivity index is 1.30. The number of nitrogens with zero attached hydrogens (tertiary/aromatic N) is 2. The Labute approximate surface area is 255 Å². The number of benzene rings is 6. The van der Waals surface area contributed by atoms with Gasteiger partial charge in [-0.25, -0.2) is 0 Å². The average Bonchev–Trinajstić information content (AvgIpc) is 3.76. The lowest BCUT2D eigenvalue weighted by Gasteiger charge is -2.26. The van der Waals surface area contributed by atoms with Crippen molar-refractivity contribution in [3.05, 3.63) is 134 Å². The van der Waals surface area contributed by atoms with E-state index in [0.29, 0.717) is 0 Å². The van der Waals surface area contributed by atoms with Gasteiger partial charge in [0.1, 0.15) is 22.3 Å². The van der Waals surface area contributed by atoms with E-state index in [-0.39, 0.29) is 0 Å². The number of hydrogen-bond donors (Lipinski definition) is 0. The minimum absolute atomic E-state index is 0.870. The van der Waals surface area contributed by atoms with Crippen LogP contribution in [0.1, 0.15) is 0 Å².